The van der Waals surface area contributed by atoms with Crippen LogP contribution in [0.4, 0.5) is 0 Å². The van der Waals surface area contributed by atoms with Crippen LogP contribution in [0.1, 0.15) is 0 Å². The Morgan fingerprint density at radius 3 is 2.50 bits per heavy atom. The fraction of sp³-hybridized carbons (Fsp3) is 0.0909. The maximum absolute atomic E-state index is 11.2. The largest absolute Gasteiger partial charge is 0.423 e. The van der Waals surface area contributed by atoms with Crippen LogP contribution < -0.4 is 4.52 Å². The zero-order valence-corrected chi connectivity index (χ0v) is 9.30. The zero-order chi connectivity index (χ0) is 11.6. The maximum Gasteiger partial charge on any atom is 0.401 e. The van der Waals surface area contributed by atoms with Crippen molar-refractivity contribution in [1.82, 2.24) is 0 Å². The van der Waals surface area contributed by atoms with E-state index >= 15 is 0 Å². The Balaban J connectivity index is 2.37. The summed E-state index contributed by atoms with van der Waals surface area (Å²) in [5.41, 5.74) is 0. The van der Waals surface area contributed by atoms with Gasteiger partial charge < -0.3 is 14.5 Å². The van der Waals surface area contributed by atoms with Crippen molar-refractivity contribution in [2.24, 2.45) is 0 Å². The van der Waals surface area contributed by atoms with Gasteiger partial charge in [0.05, 0.1) is 0 Å². The Morgan fingerprint density at radius 1 is 1.12 bits per heavy atom. The van der Waals surface area contributed by atoms with E-state index in [-0.39, 0.29) is 5.75 Å². The highest BCUT2D eigenvalue weighted by atomic mass is 31.2. The molecular weight excluding hydrogens is 227 g/mol. The van der Waals surface area contributed by atoms with E-state index in [4.69, 9.17) is 14.5 Å². The number of benzene rings is 2. The third-order valence-corrected chi connectivity index (χ3v) is 3.00. The summed E-state index contributed by atoms with van der Waals surface area (Å²) in [6.07, 6.45) is -0.889. The van der Waals surface area contributed by atoms with Crippen LogP contribution in [0.25, 0.3) is 10.8 Å². The van der Waals surface area contributed by atoms with Gasteiger partial charge in [0.1, 0.15) is 5.75 Å². The van der Waals surface area contributed by atoms with E-state index in [1.54, 1.807) is 18.2 Å². The Kier molecular flexibility index (Phi) is 2.97. The highest BCUT2D eigenvalue weighted by Gasteiger charge is 2.18. The lowest BCUT2D eigenvalue weighted by Crippen LogP contribution is -1.95. The summed E-state index contributed by atoms with van der Waals surface area (Å²) < 4.78 is 16.0. The molecule has 2 rings (SSSR count). The normalized spacial score (nSPS) is 14.6. The summed E-state index contributed by atoms with van der Waals surface area (Å²) >= 11 is 0. The molecule has 0 amide bonds. The van der Waals surface area contributed by atoms with Gasteiger partial charge in [0.25, 0.3) is 0 Å². The molecule has 0 heterocycles. The fourth-order valence-corrected chi connectivity index (χ4v) is 1.92. The van der Waals surface area contributed by atoms with Crippen molar-refractivity contribution in [2.75, 3.05) is 6.35 Å². The predicted molar refractivity (Wildman–Crippen MR) is 61.5 cm³/mol. The van der Waals surface area contributed by atoms with Crippen LogP contribution >= 0.6 is 7.60 Å². The molecule has 2 aromatic carbocycles. The number of rotatable bonds is 3. The number of fused-ring (bicyclic) bond motifs is 1. The number of aliphatic hydroxyl groups is 1. The molecular formula is C11H11O4P. The minimum Gasteiger partial charge on any atom is -0.423 e. The Morgan fingerprint density at radius 2 is 1.81 bits per heavy atom. The van der Waals surface area contributed by atoms with E-state index in [1.165, 1.54) is 0 Å². The van der Waals surface area contributed by atoms with Crippen molar-refractivity contribution in [3.63, 3.8) is 0 Å². The maximum atomic E-state index is 11.2. The van der Waals surface area contributed by atoms with Gasteiger partial charge in [-0.1, -0.05) is 30.3 Å². The average molecular weight is 238 g/mol. The van der Waals surface area contributed by atoms with Gasteiger partial charge in [-0.05, 0) is 22.9 Å². The van der Waals surface area contributed by atoms with E-state index in [2.05, 4.69) is 0 Å². The molecule has 4 nitrogen and oxygen atoms in total. The monoisotopic (exact) mass is 238 g/mol. The van der Waals surface area contributed by atoms with E-state index in [0.717, 1.165) is 10.8 Å². The van der Waals surface area contributed by atoms with Gasteiger partial charge in [-0.15, -0.1) is 0 Å². The summed E-state index contributed by atoms with van der Waals surface area (Å²) in [7, 11) is -3.92. The van der Waals surface area contributed by atoms with Crippen molar-refractivity contribution < 1.29 is 19.1 Å². The van der Waals surface area contributed by atoms with Crippen molar-refractivity contribution >= 4 is 18.4 Å². The molecule has 0 aliphatic rings. The Hall–Kier alpha value is -1.35. The standard InChI is InChI=1S/C11H11O4P/c12-8-16(13,14)15-11-6-5-9-3-1-2-4-10(9)7-11/h1-7,12H,8H2,(H,13,14). The van der Waals surface area contributed by atoms with E-state index in [9.17, 15) is 4.57 Å². The minimum atomic E-state index is -3.92. The Bertz CT molecular complexity index is 552. The third-order valence-electron chi connectivity index (χ3n) is 2.15. The molecule has 84 valence electrons. The van der Waals surface area contributed by atoms with Gasteiger partial charge in [-0.2, -0.15) is 0 Å². The van der Waals surface area contributed by atoms with Crippen LogP contribution in [0, 0.1) is 0 Å². The van der Waals surface area contributed by atoms with Gasteiger partial charge >= 0.3 is 7.60 Å². The number of hydrogen-bond acceptors (Lipinski definition) is 3. The molecule has 1 atom stereocenters. The van der Waals surface area contributed by atoms with Crippen LogP contribution in [0.5, 0.6) is 5.75 Å². The summed E-state index contributed by atoms with van der Waals surface area (Å²) in [5.74, 6) is 0.276. The van der Waals surface area contributed by atoms with Crippen LogP contribution in [-0.4, -0.2) is 16.3 Å². The second kappa shape index (κ2) is 4.26. The fourth-order valence-electron chi connectivity index (χ4n) is 1.42. The molecule has 2 N–H and O–H groups in total. The first-order valence-electron chi connectivity index (χ1n) is 4.72. The molecule has 2 aromatic rings. The first kappa shape index (κ1) is 11.1. The van der Waals surface area contributed by atoms with E-state index in [1.807, 2.05) is 24.3 Å². The summed E-state index contributed by atoms with van der Waals surface area (Å²) in [6.45, 7) is 0. The Labute approximate surface area is 92.6 Å². The van der Waals surface area contributed by atoms with Crippen LogP contribution in [0.15, 0.2) is 42.5 Å². The predicted octanol–water partition coefficient (Wildman–Crippen LogP) is 2.35. The first-order chi connectivity index (χ1) is 7.61. The molecule has 16 heavy (non-hydrogen) atoms. The molecule has 0 aliphatic heterocycles. The van der Waals surface area contributed by atoms with Crippen LogP contribution in [0.2, 0.25) is 0 Å². The van der Waals surface area contributed by atoms with Gasteiger partial charge in [0, 0.05) is 0 Å². The van der Waals surface area contributed by atoms with Gasteiger partial charge in [-0.3, -0.25) is 0 Å². The number of aliphatic hydroxyl groups excluding tert-OH is 1. The highest BCUT2D eigenvalue weighted by molar-refractivity contribution is 7.52. The smallest absolute Gasteiger partial charge is 0.401 e. The number of hydrogen-bond donors (Lipinski definition) is 2. The molecule has 1 unspecified atom stereocenters. The van der Waals surface area contributed by atoms with E-state index in [0.29, 0.717) is 0 Å². The van der Waals surface area contributed by atoms with Gasteiger partial charge in [-0.25, -0.2) is 4.57 Å². The molecule has 0 saturated heterocycles. The molecule has 0 aliphatic carbocycles. The molecule has 5 heteroatoms. The quantitative estimate of drug-likeness (QED) is 0.805. The van der Waals surface area contributed by atoms with E-state index < -0.39 is 13.9 Å². The van der Waals surface area contributed by atoms with Gasteiger partial charge in [0.15, 0.2) is 6.35 Å². The summed E-state index contributed by atoms with van der Waals surface area (Å²) in [5, 5.41) is 10.6. The van der Waals surface area contributed by atoms with Crippen molar-refractivity contribution in [3.05, 3.63) is 42.5 Å². The average Bonchev–Trinajstić information content (AvgIpc) is 2.28. The third kappa shape index (κ3) is 2.42. The van der Waals surface area contributed by atoms with Crippen molar-refractivity contribution in [2.45, 2.75) is 0 Å². The lowest BCUT2D eigenvalue weighted by Gasteiger charge is -2.11. The molecule has 0 bridgehead atoms. The molecule has 0 radical (unpaired) electrons. The molecule has 0 fully saturated rings. The van der Waals surface area contributed by atoms with Gasteiger partial charge in [0.2, 0.25) is 0 Å². The molecule has 0 saturated carbocycles. The van der Waals surface area contributed by atoms with Crippen LogP contribution in [0.3, 0.4) is 0 Å². The second-order valence-electron chi connectivity index (χ2n) is 3.38. The summed E-state index contributed by atoms with van der Waals surface area (Å²) in [6, 6.07) is 12.6. The zero-order valence-electron chi connectivity index (χ0n) is 8.41. The topological polar surface area (TPSA) is 66.8 Å². The summed E-state index contributed by atoms with van der Waals surface area (Å²) in [4.78, 5) is 9.13. The second-order valence-corrected chi connectivity index (χ2v) is 5.12. The first-order valence-corrected chi connectivity index (χ1v) is 6.48. The molecule has 0 spiro atoms. The van der Waals surface area contributed by atoms with Crippen molar-refractivity contribution in [3.8, 4) is 5.75 Å². The lowest BCUT2D eigenvalue weighted by atomic mass is 10.1. The SMILES string of the molecule is O=P(O)(CO)Oc1ccc2ccccc2c1. The minimum absolute atomic E-state index is 0.276. The van der Waals surface area contributed by atoms with Crippen LogP contribution in [-0.2, 0) is 4.57 Å². The lowest BCUT2D eigenvalue weighted by molar-refractivity contribution is 0.292. The van der Waals surface area contributed by atoms with Crippen molar-refractivity contribution in [1.29, 1.82) is 0 Å². The molecule has 0 aromatic heterocycles. The highest BCUT2D eigenvalue weighted by Crippen LogP contribution is 2.41.